The predicted octanol–water partition coefficient (Wildman–Crippen LogP) is 4.23. The van der Waals surface area contributed by atoms with Gasteiger partial charge in [0.25, 0.3) is 0 Å². The molecule has 0 saturated carbocycles. The molecule has 6 nitrogen and oxygen atoms in total. The first-order valence-electron chi connectivity index (χ1n) is 9.24. The molecule has 2 heterocycles. The Balaban J connectivity index is 1.97. The van der Waals surface area contributed by atoms with Crippen LogP contribution in [0.5, 0.6) is 0 Å². The number of aromatic nitrogens is 2. The van der Waals surface area contributed by atoms with Crippen LogP contribution in [0.4, 0.5) is 13.2 Å². The SMILES string of the molecule is C=Cc1cc(C2CC(C)(S(=O)(=O)c3cccc(C(F)(F)F)c3)CCO2)n(COC)n1. The van der Waals surface area contributed by atoms with Crippen molar-refractivity contribution in [2.75, 3.05) is 13.7 Å². The molecule has 164 valence electrons. The molecule has 1 aliphatic rings. The summed E-state index contributed by atoms with van der Waals surface area (Å²) in [7, 11) is -2.57. The summed E-state index contributed by atoms with van der Waals surface area (Å²) in [6.45, 7) is 5.50. The summed E-state index contributed by atoms with van der Waals surface area (Å²) in [6.07, 6.45) is -3.46. The number of methoxy groups -OCH3 is 1. The topological polar surface area (TPSA) is 70.4 Å². The number of ether oxygens (including phenoxy) is 2. The highest BCUT2D eigenvalue weighted by atomic mass is 32.2. The van der Waals surface area contributed by atoms with E-state index in [1.54, 1.807) is 23.7 Å². The fourth-order valence-electron chi connectivity index (χ4n) is 3.56. The highest BCUT2D eigenvalue weighted by Crippen LogP contribution is 2.43. The largest absolute Gasteiger partial charge is 0.416 e. The zero-order chi connectivity index (χ0) is 22.2. The average Bonchev–Trinajstić information content (AvgIpc) is 3.11. The van der Waals surface area contributed by atoms with E-state index < -0.39 is 32.4 Å². The number of alkyl halides is 3. The lowest BCUT2D eigenvalue weighted by atomic mass is 9.94. The molecule has 2 unspecified atom stereocenters. The van der Waals surface area contributed by atoms with Gasteiger partial charge in [-0.2, -0.15) is 18.3 Å². The van der Waals surface area contributed by atoms with Gasteiger partial charge in [-0.15, -0.1) is 0 Å². The molecule has 1 aliphatic heterocycles. The molecule has 1 saturated heterocycles. The molecule has 0 spiro atoms. The van der Waals surface area contributed by atoms with Gasteiger partial charge in [0.1, 0.15) is 12.8 Å². The Bertz CT molecular complexity index is 1030. The van der Waals surface area contributed by atoms with Crippen molar-refractivity contribution in [2.45, 2.75) is 48.4 Å². The van der Waals surface area contributed by atoms with Crippen LogP contribution in [-0.2, 0) is 32.2 Å². The zero-order valence-corrected chi connectivity index (χ0v) is 17.5. The van der Waals surface area contributed by atoms with Crippen molar-refractivity contribution in [2.24, 2.45) is 0 Å². The van der Waals surface area contributed by atoms with E-state index in [-0.39, 0.29) is 31.1 Å². The summed E-state index contributed by atoms with van der Waals surface area (Å²) >= 11 is 0. The molecule has 0 amide bonds. The molecule has 0 bridgehead atoms. The molecule has 30 heavy (non-hydrogen) atoms. The number of benzene rings is 1. The maximum atomic E-state index is 13.4. The molecule has 1 aromatic carbocycles. The monoisotopic (exact) mass is 444 g/mol. The summed E-state index contributed by atoms with van der Waals surface area (Å²) in [5, 5.41) is 4.32. The van der Waals surface area contributed by atoms with Crippen LogP contribution >= 0.6 is 0 Å². The first kappa shape index (κ1) is 22.5. The molecule has 2 aromatic rings. The minimum atomic E-state index is -4.63. The second-order valence-electron chi connectivity index (χ2n) is 7.41. The molecule has 0 radical (unpaired) electrons. The van der Waals surface area contributed by atoms with E-state index in [9.17, 15) is 21.6 Å². The Morgan fingerprint density at radius 1 is 1.40 bits per heavy atom. The normalized spacial score (nSPS) is 22.8. The lowest BCUT2D eigenvalue weighted by molar-refractivity contribution is -0.137. The smallest absolute Gasteiger partial charge is 0.372 e. The van der Waals surface area contributed by atoms with Gasteiger partial charge in [0.05, 0.1) is 26.6 Å². The molecule has 0 aliphatic carbocycles. The Morgan fingerprint density at radius 2 is 2.13 bits per heavy atom. The van der Waals surface area contributed by atoms with Crippen molar-refractivity contribution >= 4 is 15.9 Å². The second-order valence-corrected chi connectivity index (χ2v) is 9.87. The fraction of sp³-hybridized carbons (Fsp3) is 0.450. The third-order valence-corrected chi connectivity index (χ3v) is 7.85. The van der Waals surface area contributed by atoms with Crippen LogP contribution in [0.15, 0.2) is 41.8 Å². The fourth-order valence-corrected chi connectivity index (χ4v) is 5.40. The van der Waals surface area contributed by atoms with Gasteiger partial charge in [0.2, 0.25) is 0 Å². The van der Waals surface area contributed by atoms with Gasteiger partial charge in [-0.3, -0.25) is 0 Å². The first-order valence-corrected chi connectivity index (χ1v) is 10.7. The highest BCUT2D eigenvalue weighted by Gasteiger charge is 2.46. The Morgan fingerprint density at radius 3 is 2.77 bits per heavy atom. The third kappa shape index (κ3) is 4.17. The number of hydrogen-bond acceptors (Lipinski definition) is 5. The van der Waals surface area contributed by atoms with Gasteiger partial charge in [-0.25, -0.2) is 13.1 Å². The van der Waals surface area contributed by atoms with Crippen LogP contribution in [0.1, 0.15) is 42.8 Å². The van der Waals surface area contributed by atoms with Crippen molar-refractivity contribution in [1.82, 2.24) is 9.78 Å². The molecule has 3 rings (SSSR count). The van der Waals surface area contributed by atoms with E-state index in [1.165, 1.54) is 13.2 Å². The van der Waals surface area contributed by atoms with Crippen LogP contribution in [0.2, 0.25) is 0 Å². The summed E-state index contributed by atoms with van der Waals surface area (Å²) < 4.78 is 77.2. The van der Waals surface area contributed by atoms with E-state index in [1.807, 2.05) is 0 Å². The first-order chi connectivity index (χ1) is 14.0. The average molecular weight is 444 g/mol. The van der Waals surface area contributed by atoms with Gasteiger partial charge in [-0.1, -0.05) is 12.6 Å². The van der Waals surface area contributed by atoms with Crippen LogP contribution in [0.3, 0.4) is 0 Å². The number of halogens is 3. The van der Waals surface area contributed by atoms with Crippen molar-refractivity contribution in [3.05, 3.63) is 53.9 Å². The lowest BCUT2D eigenvalue weighted by Crippen LogP contribution is -2.42. The van der Waals surface area contributed by atoms with Crippen LogP contribution in [0, 0.1) is 0 Å². The Labute approximate surface area is 173 Å². The number of nitrogens with zero attached hydrogens (tertiary/aromatic N) is 2. The molecule has 1 fully saturated rings. The van der Waals surface area contributed by atoms with Crippen molar-refractivity contribution in [3.63, 3.8) is 0 Å². The lowest BCUT2D eigenvalue weighted by Gasteiger charge is -2.37. The molecular weight excluding hydrogens is 421 g/mol. The van der Waals surface area contributed by atoms with Crippen LogP contribution in [-0.4, -0.2) is 36.7 Å². The summed E-state index contributed by atoms with van der Waals surface area (Å²) in [5.74, 6) is 0. The van der Waals surface area contributed by atoms with Crippen molar-refractivity contribution < 1.29 is 31.1 Å². The van der Waals surface area contributed by atoms with E-state index >= 15 is 0 Å². The van der Waals surface area contributed by atoms with Crippen LogP contribution < -0.4 is 0 Å². The number of hydrogen-bond donors (Lipinski definition) is 0. The zero-order valence-electron chi connectivity index (χ0n) is 16.6. The molecule has 10 heteroatoms. The molecular formula is C20H23F3N2O4S. The maximum absolute atomic E-state index is 13.4. The van der Waals surface area contributed by atoms with Gasteiger partial charge in [0, 0.05) is 13.7 Å². The van der Waals surface area contributed by atoms with Crippen LogP contribution in [0.25, 0.3) is 6.08 Å². The molecule has 2 atom stereocenters. The van der Waals surface area contributed by atoms with E-state index in [2.05, 4.69) is 11.7 Å². The minimum absolute atomic E-state index is 0.0670. The second kappa shape index (κ2) is 8.16. The van der Waals surface area contributed by atoms with Crippen molar-refractivity contribution in [3.8, 4) is 0 Å². The summed E-state index contributed by atoms with van der Waals surface area (Å²) in [6, 6.07) is 5.59. The summed E-state index contributed by atoms with van der Waals surface area (Å²) in [4.78, 5) is -0.349. The van der Waals surface area contributed by atoms with Gasteiger partial charge in [0.15, 0.2) is 9.84 Å². The predicted molar refractivity (Wildman–Crippen MR) is 104 cm³/mol. The molecule has 0 N–H and O–H groups in total. The Kier molecular flexibility index (Phi) is 6.13. The van der Waals surface area contributed by atoms with Gasteiger partial charge >= 0.3 is 6.18 Å². The summed E-state index contributed by atoms with van der Waals surface area (Å²) in [5.41, 5.74) is 0.208. The standard InChI is InChI=1S/C20H23F3N2O4S/c1-4-15-11-17(25(24-15)13-28-3)18-12-19(2,8-9-29-18)30(26,27)16-7-5-6-14(10-16)20(21,22)23/h4-7,10-11,18H,1,8-9,12-13H2,2-3H3. The quantitative estimate of drug-likeness (QED) is 0.667. The maximum Gasteiger partial charge on any atom is 0.416 e. The third-order valence-electron chi connectivity index (χ3n) is 5.31. The van der Waals surface area contributed by atoms with E-state index in [0.717, 1.165) is 12.1 Å². The van der Waals surface area contributed by atoms with E-state index in [4.69, 9.17) is 9.47 Å². The van der Waals surface area contributed by atoms with E-state index in [0.29, 0.717) is 17.5 Å². The minimum Gasteiger partial charge on any atom is -0.372 e. The van der Waals surface area contributed by atoms with Crippen molar-refractivity contribution in [1.29, 1.82) is 0 Å². The highest BCUT2D eigenvalue weighted by molar-refractivity contribution is 7.92. The Hall–Kier alpha value is -2.17. The number of sulfone groups is 1. The molecule has 1 aromatic heterocycles. The van der Waals surface area contributed by atoms with Gasteiger partial charge in [-0.05, 0) is 50.1 Å². The van der Waals surface area contributed by atoms with Gasteiger partial charge < -0.3 is 9.47 Å². The number of rotatable bonds is 6.